The summed E-state index contributed by atoms with van der Waals surface area (Å²) in [5, 5.41) is -0.251. The van der Waals surface area contributed by atoms with Gasteiger partial charge in [0.1, 0.15) is 5.75 Å². The highest BCUT2D eigenvalue weighted by Crippen LogP contribution is 2.36. The van der Waals surface area contributed by atoms with Crippen LogP contribution in [0.5, 0.6) is 5.75 Å². The Balaban J connectivity index is 1.89. The highest BCUT2D eigenvalue weighted by molar-refractivity contribution is 14.1. The summed E-state index contributed by atoms with van der Waals surface area (Å²) in [6, 6.07) is 11.7. The molecular formula is C18H12I3NO3S. The first kappa shape index (κ1) is 20.4. The summed E-state index contributed by atoms with van der Waals surface area (Å²) in [5.41, 5.74) is 1.72. The van der Waals surface area contributed by atoms with Gasteiger partial charge >= 0.3 is 0 Å². The standard InChI is InChI=1S/C18H12I3NO3S/c1-25-16-11(6-13(20)8-14(16)21)7-15-17(23)22(18(24)26-15)9-10-2-4-12(19)5-3-10/h2-8H,9H2,1H3/b15-7+. The van der Waals surface area contributed by atoms with Gasteiger partial charge < -0.3 is 4.74 Å². The van der Waals surface area contributed by atoms with E-state index in [2.05, 4.69) is 67.8 Å². The highest BCUT2D eigenvalue weighted by Gasteiger charge is 2.35. The van der Waals surface area contributed by atoms with Crippen LogP contribution in [0.25, 0.3) is 6.08 Å². The lowest BCUT2D eigenvalue weighted by Crippen LogP contribution is -2.27. The molecule has 0 unspecified atom stereocenters. The van der Waals surface area contributed by atoms with Gasteiger partial charge in [-0.25, -0.2) is 0 Å². The second-order valence-electron chi connectivity index (χ2n) is 5.40. The number of carbonyl (C=O) groups is 2. The van der Waals surface area contributed by atoms with Crippen molar-refractivity contribution in [3.8, 4) is 5.75 Å². The lowest BCUT2D eigenvalue weighted by atomic mass is 10.1. The van der Waals surface area contributed by atoms with E-state index in [0.717, 1.165) is 33.6 Å². The van der Waals surface area contributed by atoms with Crippen LogP contribution in [0.15, 0.2) is 41.3 Å². The quantitative estimate of drug-likeness (QED) is 0.301. The van der Waals surface area contributed by atoms with E-state index >= 15 is 0 Å². The van der Waals surface area contributed by atoms with Crippen LogP contribution < -0.4 is 4.74 Å². The third kappa shape index (κ3) is 4.55. The summed E-state index contributed by atoms with van der Waals surface area (Å²) in [5.74, 6) is 0.435. The number of benzene rings is 2. The fraction of sp³-hybridized carbons (Fsp3) is 0.111. The Morgan fingerprint density at radius 3 is 2.42 bits per heavy atom. The van der Waals surface area contributed by atoms with Crippen molar-refractivity contribution in [1.82, 2.24) is 4.90 Å². The van der Waals surface area contributed by atoms with Crippen LogP contribution in [0, 0.1) is 10.7 Å². The Kier molecular flexibility index (Phi) is 6.88. The number of halogens is 3. The van der Waals surface area contributed by atoms with Crippen LogP contribution in [0.3, 0.4) is 0 Å². The number of thioether (sulfide) groups is 1. The van der Waals surface area contributed by atoms with E-state index in [0.29, 0.717) is 10.7 Å². The SMILES string of the molecule is COc1c(I)cc(I)cc1/C=C1/SC(=O)N(Cc2ccc(I)cc2)C1=O. The second-order valence-corrected chi connectivity index (χ2v) is 10.1. The molecule has 2 amide bonds. The zero-order valence-corrected chi connectivity index (χ0v) is 20.8. The number of hydrogen-bond donors (Lipinski definition) is 0. The second kappa shape index (κ2) is 8.78. The maximum absolute atomic E-state index is 12.7. The molecule has 134 valence electrons. The summed E-state index contributed by atoms with van der Waals surface area (Å²) in [4.78, 5) is 26.8. The number of methoxy groups -OCH3 is 1. The number of carbonyl (C=O) groups excluding carboxylic acids is 2. The molecule has 1 aliphatic heterocycles. The van der Waals surface area contributed by atoms with Gasteiger partial charge in [-0.3, -0.25) is 14.5 Å². The Hall–Kier alpha value is -0.340. The molecule has 2 aromatic carbocycles. The first-order chi connectivity index (χ1) is 12.4. The molecular weight excluding hydrogens is 691 g/mol. The van der Waals surface area contributed by atoms with Crippen molar-refractivity contribution in [2.45, 2.75) is 6.54 Å². The smallest absolute Gasteiger partial charge is 0.293 e. The molecule has 0 aliphatic carbocycles. The van der Waals surface area contributed by atoms with Crippen molar-refractivity contribution < 1.29 is 14.3 Å². The first-order valence-corrected chi connectivity index (χ1v) is 11.5. The van der Waals surface area contributed by atoms with Crippen LogP contribution in [0.1, 0.15) is 11.1 Å². The fourth-order valence-electron chi connectivity index (χ4n) is 2.45. The number of amides is 2. The molecule has 8 heteroatoms. The predicted octanol–water partition coefficient (Wildman–Crippen LogP) is 5.75. The minimum atomic E-state index is -0.269. The molecule has 0 bridgehead atoms. The van der Waals surface area contributed by atoms with Crippen molar-refractivity contribution in [2.24, 2.45) is 0 Å². The van der Waals surface area contributed by atoms with Crippen molar-refractivity contribution >= 4 is 96.8 Å². The predicted molar refractivity (Wildman–Crippen MR) is 129 cm³/mol. The van der Waals surface area contributed by atoms with E-state index in [9.17, 15) is 9.59 Å². The summed E-state index contributed by atoms with van der Waals surface area (Å²) >= 11 is 7.61. The van der Waals surface area contributed by atoms with Gasteiger partial charge in [-0.05, 0) is 115 Å². The topological polar surface area (TPSA) is 46.6 Å². The minimum absolute atomic E-state index is 0.251. The van der Waals surface area contributed by atoms with Crippen LogP contribution >= 0.6 is 79.5 Å². The molecule has 0 radical (unpaired) electrons. The van der Waals surface area contributed by atoms with Crippen LogP contribution in [0.4, 0.5) is 4.79 Å². The van der Waals surface area contributed by atoms with Crippen molar-refractivity contribution in [2.75, 3.05) is 7.11 Å². The average molecular weight is 703 g/mol. The van der Waals surface area contributed by atoms with Gasteiger partial charge in [0.15, 0.2) is 0 Å². The molecule has 1 saturated heterocycles. The number of rotatable bonds is 4. The molecule has 1 fully saturated rings. The summed E-state index contributed by atoms with van der Waals surface area (Å²) < 4.78 is 8.57. The van der Waals surface area contributed by atoms with E-state index in [1.54, 1.807) is 13.2 Å². The number of ether oxygens (including phenoxy) is 1. The maximum Gasteiger partial charge on any atom is 0.293 e. The van der Waals surface area contributed by atoms with Gasteiger partial charge in [-0.2, -0.15) is 0 Å². The minimum Gasteiger partial charge on any atom is -0.495 e. The van der Waals surface area contributed by atoms with E-state index in [1.165, 1.54) is 4.90 Å². The van der Waals surface area contributed by atoms with E-state index in [1.807, 2.05) is 36.4 Å². The normalized spacial score (nSPS) is 15.8. The molecule has 1 aliphatic rings. The van der Waals surface area contributed by atoms with Gasteiger partial charge in [-0.1, -0.05) is 12.1 Å². The lowest BCUT2D eigenvalue weighted by molar-refractivity contribution is -0.123. The Labute approximate surface area is 196 Å². The van der Waals surface area contributed by atoms with Gasteiger partial charge in [0.05, 0.1) is 22.1 Å². The van der Waals surface area contributed by atoms with Gasteiger partial charge in [0.25, 0.3) is 11.1 Å². The Morgan fingerprint density at radius 2 is 1.77 bits per heavy atom. The maximum atomic E-state index is 12.7. The first-order valence-electron chi connectivity index (χ1n) is 7.42. The molecule has 3 rings (SSSR count). The molecule has 1 heterocycles. The van der Waals surface area contributed by atoms with E-state index in [4.69, 9.17) is 4.74 Å². The number of hydrogen-bond acceptors (Lipinski definition) is 4. The molecule has 2 aromatic rings. The van der Waals surface area contributed by atoms with Crippen molar-refractivity contribution in [1.29, 1.82) is 0 Å². The Morgan fingerprint density at radius 1 is 1.08 bits per heavy atom. The number of imide groups is 1. The summed E-state index contributed by atoms with van der Waals surface area (Å²) in [7, 11) is 1.60. The van der Waals surface area contributed by atoms with Crippen LogP contribution in [-0.4, -0.2) is 23.2 Å². The molecule has 0 N–H and O–H groups in total. The van der Waals surface area contributed by atoms with Crippen LogP contribution in [0.2, 0.25) is 0 Å². The zero-order valence-electron chi connectivity index (χ0n) is 13.5. The highest BCUT2D eigenvalue weighted by atomic mass is 127. The average Bonchev–Trinajstić information content (AvgIpc) is 2.84. The Bertz CT molecular complexity index is 913. The zero-order chi connectivity index (χ0) is 18.8. The summed E-state index contributed by atoms with van der Waals surface area (Å²) in [6.45, 7) is 0.278. The van der Waals surface area contributed by atoms with Crippen LogP contribution in [-0.2, 0) is 11.3 Å². The van der Waals surface area contributed by atoms with Gasteiger partial charge in [-0.15, -0.1) is 0 Å². The van der Waals surface area contributed by atoms with E-state index in [-0.39, 0.29) is 17.7 Å². The van der Waals surface area contributed by atoms with Gasteiger partial charge in [0, 0.05) is 12.7 Å². The molecule has 0 spiro atoms. The fourth-order valence-corrected chi connectivity index (χ4v) is 5.75. The molecule has 0 saturated carbocycles. The van der Waals surface area contributed by atoms with E-state index < -0.39 is 0 Å². The third-order valence-electron chi connectivity index (χ3n) is 3.66. The molecule has 26 heavy (non-hydrogen) atoms. The van der Waals surface area contributed by atoms with Gasteiger partial charge in [0.2, 0.25) is 0 Å². The molecule has 4 nitrogen and oxygen atoms in total. The monoisotopic (exact) mass is 703 g/mol. The van der Waals surface area contributed by atoms with Crippen molar-refractivity contribution in [3.63, 3.8) is 0 Å². The summed E-state index contributed by atoms with van der Waals surface area (Å²) in [6.07, 6.45) is 1.74. The van der Waals surface area contributed by atoms with Crippen molar-refractivity contribution in [3.05, 3.63) is 63.1 Å². The molecule has 0 atom stereocenters. The molecule has 0 aromatic heterocycles. The largest absolute Gasteiger partial charge is 0.495 e. The lowest BCUT2D eigenvalue weighted by Gasteiger charge is -2.12. The third-order valence-corrected chi connectivity index (χ3v) is 6.71. The number of nitrogens with zero attached hydrogens (tertiary/aromatic N) is 1.